The Bertz CT molecular complexity index is 907. The summed E-state index contributed by atoms with van der Waals surface area (Å²) in [6.07, 6.45) is 0. The van der Waals surface area contributed by atoms with Crippen LogP contribution in [0.15, 0.2) is 57.8 Å². The molecule has 2 heterocycles. The van der Waals surface area contributed by atoms with Gasteiger partial charge in [-0.2, -0.15) is 0 Å². The monoisotopic (exact) mass is 337 g/mol. The summed E-state index contributed by atoms with van der Waals surface area (Å²) in [6.45, 7) is 1.75. The zero-order valence-corrected chi connectivity index (χ0v) is 13.8. The first kappa shape index (κ1) is 15.0. The van der Waals surface area contributed by atoms with Crippen molar-refractivity contribution in [1.82, 2.24) is 10.2 Å². The molecule has 5 nitrogen and oxygen atoms in total. The summed E-state index contributed by atoms with van der Waals surface area (Å²) in [5.41, 5.74) is 2.61. The first-order valence-corrected chi connectivity index (χ1v) is 8.62. The Kier molecular flexibility index (Phi) is 3.82. The number of nitrogens with one attached hydrogen (secondary N) is 1. The van der Waals surface area contributed by atoms with E-state index in [1.54, 1.807) is 18.7 Å². The molecule has 0 bridgehead atoms. The van der Waals surface area contributed by atoms with Crippen molar-refractivity contribution in [1.29, 1.82) is 0 Å². The number of rotatable bonds is 3. The lowest BCUT2D eigenvalue weighted by molar-refractivity contribution is -0.117. The SMILES string of the molecule is Cc1nnc(-c2cccc(NC(=O)[C@H]3CSc4ccccc43)c2)o1. The normalized spacial score (nSPS) is 16.0. The molecule has 4 rings (SSSR count). The third-order valence-electron chi connectivity index (χ3n) is 3.92. The van der Waals surface area contributed by atoms with Crippen molar-refractivity contribution in [2.24, 2.45) is 0 Å². The van der Waals surface area contributed by atoms with E-state index in [4.69, 9.17) is 4.42 Å². The topological polar surface area (TPSA) is 68.0 Å². The molecule has 24 heavy (non-hydrogen) atoms. The number of benzene rings is 2. The molecule has 1 aliphatic heterocycles. The number of aryl methyl sites for hydroxylation is 1. The van der Waals surface area contributed by atoms with Gasteiger partial charge in [0.25, 0.3) is 0 Å². The van der Waals surface area contributed by atoms with Gasteiger partial charge in [-0.25, -0.2) is 0 Å². The molecular weight excluding hydrogens is 322 g/mol. The molecule has 0 aliphatic carbocycles. The van der Waals surface area contributed by atoms with Crippen LogP contribution in [0.25, 0.3) is 11.5 Å². The zero-order valence-electron chi connectivity index (χ0n) is 13.0. The second kappa shape index (κ2) is 6.13. The lowest BCUT2D eigenvalue weighted by Crippen LogP contribution is -2.21. The Morgan fingerprint density at radius 2 is 2.08 bits per heavy atom. The van der Waals surface area contributed by atoms with E-state index in [1.807, 2.05) is 42.5 Å². The average Bonchev–Trinajstić information content (AvgIpc) is 3.21. The molecule has 6 heteroatoms. The van der Waals surface area contributed by atoms with Gasteiger partial charge in [-0.05, 0) is 29.8 Å². The minimum Gasteiger partial charge on any atom is -0.421 e. The van der Waals surface area contributed by atoms with Crippen molar-refractivity contribution in [2.75, 3.05) is 11.1 Å². The molecule has 0 fully saturated rings. The number of amides is 1. The summed E-state index contributed by atoms with van der Waals surface area (Å²) in [5.74, 6) is 1.62. The third kappa shape index (κ3) is 2.80. The molecule has 1 aromatic heterocycles. The van der Waals surface area contributed by atoms with Crippen LogP contribution in [0, 0.1) is 6.92 Å². The number of aromatic nitrogens is 2. The quantitative estimate of drug-likeness (QED) is 0.786. The van der Waals surface area contributed by atoms with Crippen LogP contribution in [0.1, 0.15) is 17.4 Å². The van der Waals surface area contributed by atoms with E-state index < -0.39 is 0 Å². The second-order valence-electron chi connectivity index (χ2n) is 5.60. The predicted molar refractivity (Wildman–Crippen MR) is 93.0 cm³/mol. The molecule has 2 aromatic carbocycles. The highest BCUT2D eigenvalue weighted by Crippen LogP contribution is 2.39. The maximum Gasteiger partial charge on any atom is 0.247 e. The summed E-state index contributed by atoms with van der Waals surface area (Å²) in [7, 11) is 0. The van der Waals surface area contributed by atoms with Gasteiger partial charge < -0.3 is 9.73 Å². The highest BCUT2D eigenvalue weighted by molar-refractivity contribution is 7.99. The molecule has 1 atom stereocenters. The highest BCUT2D eigenvalue weighted by Gasteiger charge is 2.29. The summed E-state index contributed by atoms with van der Waals surface area (Å²) >= 11 is 1.72. The van der Waals surface area contributed by atoms with Crippen molar-refractivity contribution >= 4 is 23.4 Å². The highest BCUT2D eigenvalue weighted by atomic mass is 32.2. The van der Waals surface area contributed by atoms with Crippen LogP contribution in [0.4, 0.5) is 5.69 Å². The van der Waals surface area contributed by atoms with E-state index in [1.165, 1.54) is 4.90 Å². The largest absolute Gasteiger partial charge is 0.421 e. The van der Waals surface area contributed by atoms with Gasteiger partial charge in [0.1, 0.15) is 0 Å². The molecule has 0 saturated carbocycles. The molecule has 3 aromatic rings. The average molecular weight is 337 g/mol. The maximum atomic E-state index is 12.7. The second-order valence-corrected chi connectivity index (χ2v) is 6.66. The van der Waals surface area contributed by atoms with Gasteiger partial charge in [0.05, 0.1) is 5.92 Å². The molecule has 0 spiro atoms. The number of hydrogen-bond acceptors (Lipinski definition) is 5. The van der Waals surface area contributed by atoms with Crippen molar-refractivity contribution < 1.29 is 9.21 Å². The summed E-state index contributed by atoms with van der Waals surface area (Å²) < 4.78 is 5.44. The van der Waals surface area contributed by atoms with Crippen molar-refractivity contribution in [3.63, 3.8) is 0 Å². The molecule has 0 unspecified atom stereocenters. The number of thioether (sulfide) groups is 1. The number of anilines is 1. The Morgan fingerprint density at radius 1 is 1.21 bits per heavy atom. The van der Waals surface area contributed by atoms with Crippen molar-refractivity contribution in [3.8, 4) is 11.5 Å². The lowest BCUT2D eigenvalue weighted by atomic mass is 10.0. The minimum atomic E-state index is -0.125. The standard InChI is InChI=1S/C18H15N3O2S/c1-11-20-21-18(23-11)12-5-4-6-13(9-12)19-17(22)15-10-24-16-8-3-2-7-14(15)16/h2-9,15H,10H2,1H3,(H,19,22)/t15-/m0/s1. The Labute approximate surface area is 143 Å². The third-order valence-corrected chi connectivity index (χ3v) is 5.10. The van der Waals surface area contributed by atoms with Crippen LogP contribution in [0.3, 0.4) is 0 Å². The van der Waals surface area contributed by atoms with Crippen LogP contribution in [0.5, 0.6) is 0 Å². The molecule has 1 amide bonds. The Balaban J connectivity index is 1.55. The molecule has 0 radical (unpaired) electrons. The minimum absolute atomic E-state index is 0.00584. The lowest BCUT2D eigenvalue weighted by Gasteiger charge is -2.12. The Morgan fingerprint density at radius 3 is 2.92 bits per heavy atom. The molecule has 1 aliphatic rings. The zero-order chi connectivity index (χ0) is 16.5. The van der Waals surface area contributed by atoms with Crippen LogP contribution in [0.2, 0.25) is 0 Å². The molecule has 1 N–H and O–H groups in total. The molecular formula is C18H15N3O2S. The fourth-order valence-corrected chi connectivity index (χ4v) is 3.98. The fraction of sp³-hybridized carbons (Fsp3) is 0.167. The maximum absolute atomic E-state index is 12.7. The van der Waals surface area contributed by atoms with E-state index in [2.05, 4.69) is 21.6 Å². The number of nitrogens with zero attached hydrogens (tertiary/aromatic N) is 2. The first-order chi connectivity index (χ1) is 11.7. The number of carbonyl (C=O) groups excluding carboxylic acids is 1. The van der Waals surface area contributed by atoms with E-state index in [0.717, 1.165) is 22.6 Å². The van der Waals surface area contributed by atoms with E-state index in [-0.39, 0.29) is 11.8 Å². The number of hydrogen-bond donors (Lipinski definition) is 1. The summed E-state index contributed by atoms with van der Waals surface area (Å²) in [6, 6.07) is 15.5. The van der Waals surface area contributed by atoms with Gasteiger partial charge in [-0.15, -0.1) is 22.0 Å². The van der Waals surface area contributed by atoms with Gasteiger partial charge in [-0.1, -0.05) is 24.3 Å². The molecule has 0 saturated heterocycles. The Hall–Kier alpha value is -2.60. The van der Waals surface area contributed by atoms with Gasteiger partial charge in [0.2, 0.25) is 17.7 Å². The summed E-state index contributed by atoms with van der Waals surface area (Å²) in [5, 5.41) is 10.8. The van der Waals surface area contributed by atoms with Gasteiger partial charge >= 0.3 is 0 Å². The van der Waals surface area contributed by atoms with Crippen LogP contribution < -0.4 is 5.32 Å². The van der Waals surface area contributed by atoms with Crippen LogP contribution >= 0.6 is 11.8 Å². The number of fused-ring (bicyclic) bond motifs is 1. The first-order valence-electron chi connectivity index (χ1n) is 7.64. The van der Waals surface area contributed by atoms with Crippen molar-refractivity contribution in [3.05, 3.63) is 60.0 Å². The van der Waals surface area contributed by atoms with Crippen LogP contribution in [-0.4, -0.2) is 21.9 Å². The van der Waals surface area contributed by atoms with Gasteiger partial charge in [0, 0.05) is 28.8 Å². The summed E-state index contributed by atoms with van der Waals surface area (Å²) in [4.78, 5) is 13.8. The van der Waals surface area contributed by atoms with E-state index in [0.29, 0.717) is 11.8 Å². The van der Waals surface area contributed by atoms with Crippen molar-refractivity contribution in [2.45, 2.75) is 17.7 Å². The predicted octanol–water partition coefficient (Wildman–Crippen LogP) is 3.87. The van der Waals surface area contributed by atoms with Gasteiger partial charge in [-0.3, -0.25) is 4.79 Å². The number of carbonyl (C=O) groups is 1. The van der Waals surface area contributed by atoms with Crippen LogP contribution in [-0.2, 0) is 4.79 Å². The fourth-order valence-electron chi connectivity index (χ4n) is 2.75. The van der Waals surface area contributed by atoms with E-state index >= 15 is 0 Å². The van der Waals surface area contributed by atoms with E-state index in [9.17, 15) is 4.79 Å². The smallest absolute Gasteiger partial charge is 0.247 e. The van der Waals surface area contributed by atoms with Gasteiger partial charge in [0.15, 0.2) is 0 Å². The molecule has 120 valence electrons.